The molecule has 0 aliphatic heterocycles. The van der Waals surface area contributed by atoms with Gasteiger partial charge in [0.05, 0.1) is 12.5 Å². The number of rotatable bonds is 3. The number of amidine groups is 1. The summed E-state index contributed by atoms with van der Waals surface area (Å²) < 4.78 is 0. The highest BCUT2D eigenvalue weighted by Crippen LogP contribution is 1.79. The maximum absolute atomic E-state index is 4.12. The molecule has 0 unspecified atom stereocenters. The molecule has 0 heterocycles. The lowest BCUT2D eigenvalue weighted by molar-refractivity contribution is 0.827. The van der Waals surface area contributed by atoms with Crippen LogP contribution in [0.1, 0.15) is 13.8 Å². The number of allylic oxidation sites excluding steroid dienone is 1. The molecule has 0 saturated carbocycles. The first-order valence-electron chi connectivity index (χ1n) is 3.25. The van der Waals surface area contributed by atoms with Crippen molar-refractivity contribution in [2.45, 2.75) is 13.8 Å². The Bertz CT molecular complexity index is 138. The van der Waals surface area contributed by atoms with Crippen LogP contribution >= 0.6 is 0 Å². The van der Waals surface area contributed by atoms with E-state index in [0.29, 0.717) is 6.67 Å². The Kier molecular flexibility index (Phi) is 4.58. The van der Waals surface area contributed by atoms with E-state index in [9.17, 15) is 0 Å². The fourth-order valence-corrected chi connectivity index (χ4v) is 0.546. The van der Waals surface area contributed by atoms with Gasteiger partial charge in [0.1, 0.15) is 0 Å². The molecule has 10 heavy (non-hydrogen) atoms. The second-order valence-electron chi connectivity index (χ2n) is 2.16. The highest BCUT2D eigenvalue weighted by atomic mass is 15.1. The van der Waals surface area contributed by atoms with Gasteiger partial charge >= 0.3 is 0 Å². The average Bonchev–Trinajstić information content (AvgIpc) is 1.82. The van der Waals surface area contributed by atoms with Crippen LogP contribution in [0.4, 0.5) is 0 Å². The summed E-state index contributed by atoms with van der Waals surface area (Å²) in [4.78, 5) is 4.12. The molecule has 0 atom stereocenters. The van der Waals surface area contributed by atoms with Gasteiger partial charge in [0.2, 0.25) is 0 Å². The van der Waals surface area contributed by atoms with Crippen LogP contribution in [0, 0.1) is 0 Å². The van der Waals surface area contributed by atoms with Gasteiger partial charge in [0, 0.05) is 5.70 Å². The molecule has 3 nitrogen and oxygen atoms in total. The number of nitrogens with one attached hydrogen (secondary N) is 2. The predicted molar refractivity (Wildman–Crippen MR) is 45.0 cm³/mol. The third-order valence-corrected chi connectivity index (χ3v) is 0.869. The van der Waals surface area contributed by atoms with Crippen molar-refractivity contribution in [3.63, 3.8) is 0 Å². The zero-order valence-electron chi connectivity index (χ0n) is 6.86. The van der Waals surface area contributed by atoms with E-state index in [-0.39, 0.29) is 0 Å². The van der Waals surface area contributed by atoms with Gasteiger partial charge in [-0.1, -0.05) is 6.58 Å². The van der Waals surface area contributed by atoms with E-state index in [1.807, 2.05) is 20.9 Å². The van der Waals surface area contributed by atoms with Gasteiger partial charge in [-0.3, -0.25) is 4.99 Å². The van der Waals surface area contributed by atoms with E-state index in [1.54, 1.807) is 0 Å². The molecule has 3 heteroatoms. The summed E-state index contributed by atoms with van der Waals surface area (Å²) in [6.45, 7) is 8.15. The quantitative estimate of drug-likeness (QED) is 0.448. The zero-order valence-corrected chi connectivity index (χ0v) is 6.86. The van der Waals surface area contributed by atoms with Crippen molar-refractivity contribution in [2.75, 3.05) is 13.7 Å². The SMILES string of the molecule is C=C(C)NC(C)=NCNC. The van der Waals surface area contributed by atoms with Crippen LogP contribution in [0.25, 0.3) is 0 Å². The summed E-state index contributed by atoms with van der Waals surface area (Å²) in [7, 11) is 1.86. The van der Waals surface area contributed by atoms with Crippen LogP contribution in [0.3, 0.4) is 0 Å². The van der Waals surface area contributed by atoms with Crippen molar-refractivity contribution in [3.05, 3.63) is 12.3 Å². The lowest BCUT2D eigenvalue weighted by Crippen LogP contribution is -2.19. The van der Waals surface area contributed by atoms with Crippen LogP contribution in [-0.2, 0) is 0 Å². The van der Waals surface area contributed by atoms with E-state index < -0.39 is 0 Å². The average molecular weight is 141 g/mol. The number of hydrogen-bond acceptors (Lipinski definition) is 2. The Hall–Kier alpha value is -0.830. The maximum Gasteiger partial charge on any atom is 0.0988 e. The van der Waals surface area contributed by atoms with Crippen molar-refractivity contribution < 1.29 is 0 Å². The molecule has 0 aromatic carbocycles. The van der Waals surface area contributed by atoms with Gasteiger partial charge in [-0.25, -0.2) is 0 Å². The number of hydrogen-bond donors (Lipinski definition) is 2. The summed E-state index contributed by atoms with van der Waals surface area (Å²) >= 11 is 0. The fraction of sp³-hybridized carbons (Fsp3) is 0.571. The molecular formula is C7H15N3. The van der Waals surface area contributed by atoms with E-state index in [2.05, 4.69) is 22.2 Å². The standard InChI is InChI=1S/C7H15N3/c1-6(2)10-7(3)9-5-8-4/h8H,1,5H2,2-4H3,(H,9,10). The van der Waals surface area contributed by atoms with Gasteiger partial charge < -0.3 is 10.6 Å². The minimum Gasteiger partial charge on any atom is -0.349 e. The first-order chi connectivity index (χ1) is 4.66. The fourth-order valence-electron chi connectivity index (χ4n) is 0.546. The third kappa shape index (κ3) is 5.31. The molecule has 0 aromatic heterocycles. The van der Waals surface area contributed by atoms with Crippen molar-refractivity contribution in [2.24, 2.45) is 4.99 Å². The van der Waals surface area contributed by atoms with E-state index >= 15 is 0 Å². The van der Waals surface area contributed by atoms with Crippen molar-refractivity contribution in [1.29, 1.82) is 0 Å². The Morgan fingerprint density at radius 1 is 1.50 bits per heavy atom. The van der Waals surface area contributed by atoms with Crippen LogP contribution < -0.4 is 10.6 Å². The third-order valence-electron chi connectivity index (χ3n) is 0.869. The zero-order chi connectivity index (χ0) is 7.98. The summed E-state index contributed by atoms with van der Waals surface area (Å²) in [6, 6.07) is 0. The van der Waals surface area contributed by atoms with Gasteiger partial charge in [-0.05, 0) is 20.9 Å². The first-order valence-corrected chi connectivity index (χ1v) is 3.25. The summed E-state index contributed by atoms with van der Waals surface area (Å²) in [5.41, 5.74) is 0.914. The van der Waals surface area contributed by atoms with Gasteiger partial charge in [-0.15, -0.1) is 0 Å². The number of aliphatic imine (C=N–C) groups is 1. The molecule has 0 aliphatic rings. The molecule has 0 saturated heterocycles. The molecule has 0 fully saturated rings. The van der Waals surface area contributed by atoms with Crippen molar-refractivity contribution in [3.8, 4) is 0 Å². The lowest BCUT2D eigenvalue weighted by Gasteiger charge is -2.02. The molecule has 0 aliphatic carbocycles. The summed E-state index contributed by atoms with van der Waals surface area (Å²) in [5, 5.41) is 5.91. The molecule has 0 rings (SSSR count). The van der Waals surface area contributed by atoms with E-state index in [4.69, 9.17) is 0 Å². The highest BCUT2D eigenvalue weighted by Gasteiger charge is 1.85. The minimum atomic E-state index is 0.645. The topological polar surface area (TPSA) is 36.4 Å². The Morgan fingerprint density at radius 2 is 2.10 bits per heavy atom. The molecule has 0 bridgehead atoms. The van der Waals surface area contributed by atoms with Crippen molar-refractivity contribution in [1.82, 2.24) is 10.6 Å². The van der Waals surface area contributed by atoms with Crippen LogP contribution in [-0.4, -0.2) is 19.6 Å². The molecule has 0 amide bonds. The molecule has 0 radical (unpaired) electrons. The molecule has 0 aromatic rings. The van der Waals surface area contributed by atoms with E-state index in [0.717, 1.165) is 11.5 Å². The maximum atomic E-state index is 4.12. The van der Waals surface area contributed by atoms with Crippen LogP contribution in [0.2, 0.25) is 0 Å². The second-order valence-corrected chi connectivity index (χ2v) is 2.16. The van der Waals surface area contributed by atoms with E-state index in [1.165, 1.54) is 0 Å². The second kappa shape index (κ2) is 4.99. The highest BCUT2D eigenvalue weighted by molar-refractivity contribution is 5.80. The Labute approximate surface area is 62.2 Å². The Balaban J connectivity index is 3.59. The monoisotopic (exact) mass is 141 g/mol. The van der Waals surface area contributed by atoms with Gasteiger partial charge in [0.25, 0.3) is 0 Å². The van der Waals surface area contributed by atoms with Crippen LogP contribution in [0.15, 0.2) is 17.3 Å². The first kappa shape index (κ1) is 9.17. The molecule has 0 spiro atoms. The summed E-state index contributed by atoms with van der Waals surface area (Å²) in [6.07, 6.45) is 0. The Morgan fingerprint density at radius 3 is 2.50 bits per heavy atom. The molecular weight excluding hydrogens is 126 g/mol. The van der Waals surface area contributed by atoms with Gasteiger partial charge in [0.15, 0.2) is 0 Å². The van der Waals surface area contributed by atoms with Crippen molar-refractivity contribution >= 4 is 5.84 Å². The lowest BCUT2D eigenvalue weighted by atomic mass is 10.5. The largest absolute Gasteiger partial charge is 0.349 e. The summed E-state index contributed by atoms with van der Waals surface area (Å²) in [5.74, 6) is 0.891. The number of nitrogens with zero attached hydrogens (tertiary/aromatic N) is 1. The van der Waals surface area contributed by atoms with Gasteiger partial charge in [-0.2, -0.15) is 0 Å². The minimum absolute atomic E-state index is 0.645. The smallest absolute Gasteiger partial charge is 0.0988 e. The normalized spacial score (nSPS) is 11.3. The predicted octanol–water partition coefficient (Wildman–Crippen LogP) is 0.705. The van der Waals surface area contributed by atoms with Crippen LogP contribution in [0.5, 0.6) is 0 Å². The molecule has 58 valence electrons. The molecule has 2 N–H and O–H groups in total.